The van der Waals surface area contributed by atoms with Crippen molar-refractivity contribution in [3.05, 3.63) is 58.5 Å². The van der Waals surface area contributed by atoms with Gasteiger partial charge in [-0.3, -0.25) is 9.59 Å². The molecule has 4 nitrogen and oxygen atoms in total. The van der Waals surface area contributed by atoms with Crippen LogP contribution in [-0.2, 0) is 11.2 Å². The largest absolute Gasteiger partial charge is 0.481 e. The molecule has 0 aliphatic rings. The summed E-state index contributed by atoms with van der Waals surface area (Å²) in [7, 11) is 0. The van der Waals surface area contributed by atoms with E-state index in [4.69, 9.17) is 5.11 Å². The van der Waals surface area contributed by atoms with E-state index in [1.165, 1.54) is 6.07 Å². The number of rotatable bonds is 3. The maximum Gasteiger partial charge on any atom is 0.307 e. The minimum absolute atomic E-state index is 0.0197. The quantitative estimate of drug-likeness (QED) is 0.841. The third-order valence-electron chi connectivity index (χ3n) is 2.43. The number of carboxylic acid groups (broad SMARTS) is 1. The van der Waals surface area contributed by atoms with Crippen LogP contribution in [0.2, 0.25) is 0 Å². The molecule has 0 fully saturated rings. The molecule has 0 saturated heterocycles. The Morgan fingerprint density at radius 1 is 1.06 bits per heavy atom. The van der Waals surface area contributed by atoms with Crippen molar-refractivity contribution in [3.8, 4) is 11.1 Å². The first-order valence-corrected chi connectivity index (χ1v) is 5.15. The molecule has 1 aromatic heterocycles. The molecule has 0 aliphatic heterocycles. The van der Waals surface area contributed by atoms with E-state index in [2.05, 4.69) is 4.98 Å². The van der Waals surface area contributed by atoms with Crippen molar-refractivity contribution in [2.24, 2.45) is 0 Å². The highest BCUT2D eigenvalue weighted by molar-refractivity contribution is 5.71. The summed E-state index contributed by atoms with van der Waals surface area (Å²) in [6.45, 7) is 0. The van der Waals surface area contributed by atoms with Crippen LogP contribution in [0.5, 0.6) is 0 Å². The SMILES string of the molecule is O=C(O)Cc1ccc(-c2ccc(=O)[nH]c2)cc1. The van der Waals surface area contributed by atoms with Crippen molar-refractivity contribution in [2.75, 3.05) is 0 Å². The molecule has 0 bridgehead atoms. The Labute approximate surface area is 97.6 Å². The van der Waals surface area contributed by atoms with Gasteiger partial charge in [0.05, 0.1) is 6.42 Å². The van der Waals surface area contributed by atoms with Gasteiger partial charge in [0.1, 0.15) is 0 Å². The second-order valence-electron chi connectivity index (χ2n) is 3.71. The van der Waals surface area contributed by atoms with Crippen LogP contribution in [-0.4, -0.2) is 16.1 Å². The third kappa shape index (κ3) is 2.81. The van der Waals surface area contributed by atoms with Crippen molar-refractivity contribution in [2.45, 2.75) is 6.42 Å². The molecule has 0 unspecified atom stereocenters. The van der Waals surface area contributed by atoms with E-state index in [1.807, 2.05) is 12.1 Å². The lowest BCUT2D eigenvalue weighted by molar-refractivity contribution is -0.136. The highest BCUT2D eigenvalue weighted by atomic mass is 16.4. The average molecular weight is 229 g/mol. The molecule has 0 saturated carbocycles. The summed E-state index contributed by atoms with van der Waals surface area (Å²) < 4.78 is 0. The number of carbonyl (C=O) groups is 1. The highest BCUT2D eigenvalue weighted by Crippen LogP contribution is 2.17. The van der Waals surface area contributed by atoms with Gasteiger partial charge in [-0.2, -0.15) is 0 Å². The smallest absolute Gasteiger partial charge is 0.307 e. The maximum atomic E-state index is 10.9. The molecule has 2 aromatic rings. The van der Waals surface area contributed by atoms with E-state index in [0.29, 0.717) is 0 Å². The Balaban J connectivity index is 2.26. The molecule has 0 spiro atoms. The molecule has 2 N–H and O–H groups in total. The van der Waals surface area contributed by atoms with Gasteiger partial charge in [-0.1, -0.05) is 24.3 Å². The standard InChI is InChI=1S/C13H11NO3/c15-12-6-5-11(8-14-12)10-3-1-9(2-4-10)7-13(16)17/h1-6,8H,7H2,(H,14,15)(H,16,17). The zero-order chi connectivity index (χ0) is 12.3. The topological polar surface area (TPSA) is 70.2 Å². The third-order valence-corrected chi connectivity index (χ3v) is 2.43. The van der Waals surface area contributed by atoms with Gasteiger partial charge in [-0.25, -0.2) is 0 Å². The van der Waals surface area contributed by atoms with E-state index in [9.17, 15) is 9.59 Å². The van der Waals surface area contributed by atoms with Crippen LogP contribution in [0.4, 0.5) is 0 Å². The molecular formula is C13H11NO3. The number of H-pyrrole nitrogens is 1. The molecule has 17 heavy (non-hydrogen) atoms. The number of aliphatic carboxylic acids is 1. The first kappa shape index (κ1) is 11.1. The first-order valence-electron chi connectivity index (χ1n) is 5.15. The van der Waals surface area contributed by atoms with Crippen molar-refractivity contribution in [1.82, 2.24) is 4.98 Å². The van der Waals surface area contributed by atoms with Crippen LogP contribution in [0.15, 0.2) is 47.4 Å². The van der Waals surface area contributed by atoms with E-state index < -0.39 is 5.97 Å². The van der Waals surface area contributed by atoms with Crippen molar-refractivity contribution in [3.63, 3.8) is 0 Å². The van der Waals surface area contributed by atoms with Crippen LogP contribution in [0.3, 0.4) is 0 Å². The number of aromatic nitrogens is 1. The van der Waals surface area contributed by atoms with Crippen LogP contribution in [0, 0.1) is 0 Å². The van der Waals surface area contributed by atoms with Crippen molar-refractivity contribution >= 4 is 5.97 Å². The number of hydrogen-bond acceptors (Lipinski definition) is 2. The van der Waals surface area contributed by atoms with Gasteiger partial charge in [-0.05, 0) is 22.8 Å². The summed E-state index contributed by atoms with van der Waals surface area (Å²) in [6, 6.07) is 10.4. The molecule has 0 radical (unpaired) electrons. The molecular weight excluding hydrogens is 218 g/mol. The lowest BCUT2D eigenvalue weighted by atomic mass is 10.0. The van der Waals surface area contributed by atoms with E-state index in [1.54, 1.807) is 24.4 Å². The number of carboxylic acids is 1. The molecule has 4 heteroatoms. The van der Waals surface area contributed by atoms with Gasteiger partial charge in [0.15, 0.2) is 0 Å². The molecule has 0 atom stereocenters. The van der Waals surface area contributed by atoms with E-state index in [0.717, 1.165) is 16.7 Å². The second-order valence-corrected chi connectivity index (χ2v) is 3.71. The molecule has 1 heterocycles. The fourth-order valence-electron chi connectivity index (χ4n) is 1.58. The number of nitrogens with one attached hydrogen (secondary N) is 1. The Hall–Kier alpha value is -2.36. The monoisotopic (exact) mass is 229 g/mol. The summed E-state index contributed by atoms with van der Waals surface area (Å²) >= 11 is 0. The van der Waals surface area contributed by atoms with Gasteiger partial charge in [0.25, 0.3) is 0 Å². The summed E-state index contributed by atoms with van der Waals surface area (Å²) in [5.41, 5.74) is 2.45. The summed E-state index contributed by atoms with van der Waals surface area (Å²) in [5.74, 6) is -0.846. The minimum Gasteiger partial charge on any atom is -0.481 e. The van der Waals surface area contributed by atoms with E-state index >= 15 is 0 Å². The predicted octanol–water partition coefficient (Wildman–Crippen LogP) is 1.67. The fraction of sp³-hybridized carbons (Fsp3) is 0.0769. The number of aromatic amines is 1. The zero-order valence-electron chi connectivity index (χ0n) is 9.01. The Kier molecular flexibility index (Phi) is 3.05. The van der Waals surface area contributed by atoms with Crippen LogP contribution < -0.4 is 5.56 Å². The summed E-state index contributed by atoms with van der Waals surface area (Å²) in [5, 5.41) is 8.64. The lowest BCUT2D eigenvalue weighted by Gasteiger charge is -2.02. The molecule has 86 valence electrons. The lowest BCUT2D eigenvalue weighted by Crippen LogP contribution is -2.01. The van der Waals surface area contributed by atoms with Gasteiger partial charge in [0, 0.05) is 12.3 Å². The molecule has 1 aromatic carbocycles. The van der Waals surface area contributed by atoms with Crippen LogP contribution in [0.25, 0.3) is 11.1 Å². The number of pyridine rings is 1. The van der Waals surface area contributed by atoms with Gasteiger partial charge in [0.2, 0.25) is 5.56 Å². The summed E-state index contributed by atoms with van der Waals surface area (Å²) in [4.78, 5) is 24.0. The van der Waals surface area contributed by atoms with Crippen LogP contribution >= 0.6 is 0 Å². The summed E-state index contributed by atoms with van der Waals surface area (Å²) in [6.07, 6.45) is 1.65. The molecule has 2 rings (SSSR count). The van der Waals surface area contributed by atoms with Crippen molar-refractivity contribution in [1.29, 1.82) is 0 Å². The van der Waals surface area contributed by atoms with Gasteiger partial charge < -0.3 is 10.1 Å². The fourth-order valence-corrected chi connectivity index (χ4v) is 1.58. The maximum absolute atomic E-state index is 10.9. The predicted molar refractivity (Wildman–Crippen MR) is 63.8 cm³/mol. The van der Waals surface area contributed by atoms with E-state index in [-0.39, 0.29) is 12.0 Å². The Morgan fingerprint density at radius 3 is 2.24 bits per heavy atom. The van der Waals surface area contributed by atoms with Gasteiger partial charge in [-0.15, -0.1) is 0 Å². The minimum atomic E-state index is -0.846. The van der Waals surface area contributed by atoms with Crippen molar-refractivity contribution < 1.29 is 9.90 Å². The number of hydrogen-bond donors (Lipinski definition) is 2. The first-order chi connectivity index (χ1) is 8.15. The highest BCUT2D eigenvalue weighted by Gasteiger charge is 2.01. The van der Waals surface area contributed by atoms with Gasteiger partial charge >= 0.3 is 5.97 Å². The Morgan fingerprint density at radius 2 is 1.71 bits per heavy atom. The number of benzene rings is 1. The molecule has 0 aliphatic carbocycles. The normalized spacial score (nSPS) is 10.1. The Bertz CT molecular complexity index is 564. The second kappa shape index (κ2) is 4.65. The average Bonchev–Trinajstić information content (AvgIpc) is 2.30. The zero-order valence-corrected chi connectivity index (χ0v) is 9.01. The molecule has 0 amide bonds. The van der Waals surface area contributed by atoms with Crippen LogP contribution in [0.1, 0.15) is 5.56 Å².